The molecular weight excluding hydrogens is 234 g/mol. The molecule has 3 unspecified atom stereocenters. The standard InChI is InChI=1S/C12H15N3O3/c1-6-13-12(18-15-6)7-2-8-4-11(17)9(5-16)10(3-7)14-8/h5,7-8,10,14,16H,2-4H2,1H3. The topological polar surface area (TPSA) is 88.2 Å². The van der Waals surface area contributed by atoms with E-state index in [-0.39, 0.29) is 23.8 Å². The molecule has 6 nitrogen and oxygen atoms in total. The molecule has 18 heavy (non-hydrogen) atoms. The number of aliphatic hydroxyl groups excluding tert-OH is 1. The zero-order valence-electron chi connectivity index (χ0n) is 10.1. The fourth-order valence-corrected chi connectivity index (χ4v) is 2.88. The number of aliphatic hydroxyl groups is 1. The summed E-state index contributed by atoms with van der Waals surface area (Å²) in [6.07, 6.45) is 2.88. The van der Waals surface area contributed by atoms with Gasteiger partial charge in [-0.1, -0.05) is 5.16 Å². The number of hydrogen-bond donors (Lipinski definition) is 2. The number of nitrogens with zero attached hydrogens (tertiary/aromatic N) is 2. The van der Waals surface area contributed by atoms with Gasteiger partial charge < -0.3 is 14.9 Å². The van der Waals surface area contributed by atoms with E-state index in [1.807, 2.05) is 0 Å². The summed E-state index contributed by atoms with van der Waals surface area (Å²) in [6, 6.07) is 0.0318. The van der Waals surface area contributed by atoms with Crippen LogP contribution in [-0.2, 0) is 4.79 Å². The van der Waals surface area contributed by atoms with E-state index in [2.05, 4.69) is 15.5 Å². The van der Waals surface area contributed by atoms with Gasteiger partial charge in [-0.25, -0.2) is 0 Å². The van der Waals surface area contributed by atoms with Crippen molar-refractivity contribution in [1.29, 1.82) is 0 Å². The Morgan fingerprint density at radius 3 is 3.00 bits per heavy atom. The summed E-state index contributed by atoms with van der Waals surface area (Å²) in [4.78, 5) is 16.0. The summed E-state index contributed by atoms with van der Waals surface area (Å²) in [5.74, 6) is 1.45. The number of nitrogens with one attached hydrogen (secondary N) is 1. The molecule has 2 aliphatic heterocycles. The lowest BCUT2D eigenvalue weighted by Crippen LogP contribution is -2.52. The molecule has 2 fully saturated rings. The predicted molar refractivity (Wildman–Crippen MR) is 62.1 cm³/mol. The van der Waals surface area contributed by atoms with E-state index in [0.29, 0.717) is 30.1 Å². The van der Waals surface area contributed by atoms with Gasteiger partial charge in [0, 0.05) is 30.0 Å². The number of carbonyl (C=O) groups excluding carboxylic acids is 1. The van der Waals surface area contributed by atoms with Gasteiger partial charge in [-0.15, -0.1) is 0 Å². The van der Waals surface area contributed by atoms with Gasteiger partial charge in [0.05, 0.1) is 6.26 Å². The van der Waals surface area contributed by atoms with Crippen molar-refractivity contribution in [2.45, 2.75) is 44.2 Å². The lowest BCUT2D eigenvalue weighted by atomic mass is 9.77. The molecule has 0 amide bonds. The Bertz CT molecular complexity index is 508. The Labute approximate surface area is 104 Å². The molecule has 3 heterocycles. The smallest absolute Gasteiger partial charge is 0.229 e. The van der Waals surface area contributed by atoms with Gasteiger partial charge >= 0.3 is 0 Å². The fraction of sp³-hybridized carbons (Fsp3) is 0.583. The molecule has 3 rings (SSSR count). The maximum Gasteiger partial charge on any atom is 0.229 e. The third-order valence-corrected chi connectivity index (χ3v) is 3.69. The molecule has 1 aromatic heterocycles. The predicted octanol–water partition coefficient (Wildman–Crippen LogP) is 0.997. The number of piperidine rings is 2. The van der Waals surface area contributed by atoms with Crippen molar-refractivity contribution >= 4 is 5.78 Å². The molecule has 2 aliphatic rings. The minimum Gasteiger partial charge on any atom is -0.515 e. The van der Waals surface area contributed by atoms with Crippen molar-refractivity contribution < 1.29 is 14.4 Å². The van der Waals surface area contributed by atoms with E-state index in [0.717, 1.165) is 12.7 Å². The highest BCUT2D eigenvalue weighted by molar-refractivity contribution is 5.97. The molecule has 0 aromatic carbocycles. The van der Waals surface area contributed by atoms with Crippen molar-refractivity contribution in [3.63, 3.8) is 0 Å². The number of aromatic nitrogens is 2. The number of Topliss-reactive ketones (excluding diaryl/α,β-unsaturated/α-hetero) is 1. The molecule has 2 bridgehead atoms. The second-order valence-corrected chi connectivity index (χ2v) is 4.98. The summed E-state index contributed by atoms with van der Waals surface area (Å²) in [6.45, 7) is 1.79. The second kappa shape index (κ2) is 4.20. The first-order valence-electron chi connectivity index (χ1n) is 6.11. The van der Waals surface area contributed by atoms with Gasteiger partial charge in [0.25, 0.3) is 0 Å². The van der Waals surface area contributed by atoms with Crippen LogP contribution < -0.4 is 5.32 Å². The molecule has 2 N–H and O–H groups in total. The van der Waals surface area contributed by atoms with Crippen LogP contribution in [-0.4, -0.2) is 33.1 Å². The zero-order chi connectivity index (χ0) is 12.7. The SMILES string of the molecule is Cc1noc(C2CC3CC(=O)C(=CO)C(C2)N3)n1. The summed E-state index contributed by atoms with van der Waals surface area (Å²) in [7, 11) is 0. The van der Waals surface area contributed by atoms with E-state index < -0.39 is 0 Å². The lowest BCUT2D eigenvalue weighted by Gasteiger charge is -2.39. The molecule has 1 aromatic rings. The number of carbonyl (C=O) groups is 1. The molecule has 0 spiro atoms. The Hall–Kier alpha value is -1.69. The number of aryl methyl sites for hydroxylation is 1. The molecule has 0 aliphatic carbocycles. The van der Waals surface area contributed by atoms with Gasteiger partial charge in [-0.05, 0) is 19.8 Å². The highest BCUT2D eigenvalue weighted by atomic mass is 16.5. The summed E-state index contributed by atoms with van der Waals surface area (Å²) in [5, 5.41) is 16.3. The minimum absolute atomic E-state index is 0.0337. The molecule has 96 valence electrons. The second-order valence-electron chi connectivity index (χ2n) is 4.98. The first-order valence-corrected chi connectivity index (χ1v) is 6.11. The maximum atomic E-state index is 11.8. The first kappa shape index (κ1) is 11.4. The third kappa shape index (κ3) is 1.82. The van der Waals surface area contributed by atoms with Gasteiger partial charge in [0.15, 0.2) is 11.6 Å². The van der Waals surface area contributed by atoms with Crippen LogP contribution in [0.1, 0.15) is 36.9 Å². The van der Waals surface area contributed by atoms with Crippen molar-refractivity contribution in [2.75, 3.05) is 0 Å². The highest BCUT2D eigenvalue weighted by Crippen LogP contribution is 2.36. The van der Waals surface area contributed by atoms with Crippen molar-refractivity contribution in [3.05, 3.63) is 23.6 Å². The van der Waals surface area contributed by atoms with E-state index in [1.54, 1.807) is 6.92 Å². The Morgan fingerprint density at radius 1 is 1.50 bits per heavy atom. The minimum atomic E-state index is -0.104. The highest BCUT2D eigenvalue weighted by Gasteiger charge is 2.40. The van der Waals surface area contributed by atoms with E-state index in [1.165, 1.54) is 0 Å². The van der Waals surface area contributed by atoms with Crippen molar-refractivity contribution in [1.82, 2.24) is 15.5 Å². The van der Waals surface area contributed by atoms with Crippen molar-refractivity contribution in [2.24, 2.45) is 0 Å². The fourth-order valence-electron chi connectivity index (χ4n) is 2.88. The number of hydrogen-bond acceptors (Lipinski definition) is 6. The quantitative estimate of drug-likeness (QED) is 0.570. The summed E-state index contributed by atoms with van der Waals surface area (Å²) in [5.41, 5.74) is 0.465. The largest absolute Gasteiger partial charge is 0.515 e. The molecular formula is C12H15N3O3. The zero-order valence-corrected chi connectivity index (χ0v) is 10.1. The lowest BCUT2D eigenvalue weighted by molar-refractivity contribution is -0.118. The average Bonchev–Trinajstić information content (AvgIpc) is 2.75. The van der Waals surface area contributed by atoms with Gasteiger partial charge in [0.2, 0.25) is 5.89 Å². The van der Waals surface area contributed by atoms with Crippen LogP contribution >= 0.6 is 0 Å². The molecule has 3 atom stereocenters. The Balaban J connectivity index is 1.84. The van der Waals surface area contributed by atoms with Gasteiger partial charge in [0.1, 0.15) is 0 Å². The number of fused-ring (bicyclic) bond motifs is 2. The summed E-state index contributed by atoms with van der Waals surface area (Å²) >= 11 is 0. The van der Waals surface area contributed by atoms with Gasteiger partial charge in [-0.3, -0.25) is 4.79 Å². The summed E-state index contributed by atoms with van der Waals surface area (Å²) < 4.78 is 5.21. The van der Waals surface area contributed by atoms with E-state index in [4.69, 9.17) is 9.63 Å². The monoisotopic (exact) mass is 249 g/mol. The van der Waals surface area contributed by atoms with E-state index in [9.17, 15) is 4.79 Å². The van der Waals surface area contributed by atoms with Crippen LogP contribution in [0.2, 0.25) is 0 Å². The van der Waals surface area contributed by atoms with Crippen molar-refractivity contribution in [3.8, 4) is 0 Å². The van der Waals surface area contributed by atoms with Crippen LogP contribution in [0.4, 0.5) is 0 Å². The molecule has 2 saturated heterocycles. The van der Waals surface area contributed by atoms with Gasteiger partial charge in [-0.2, -0.15) is 4.98 Å². The molecule has 0 saturated carbocycles. The van der Waals surface area contributed by atoms with Crippen LogP contribution in [0, 0.1) is 6.92 Å². The molecule has 0 radical (unpaired) electrons. The molecule has 6 heteroatoms. The first-order chi connectivity index (χ1) is 8.67. The third-order valence-electron chi connectivity index (χ3n) is 3.69. The number of rotatable bonds is 1. The normalized spacial score (nSPS) is 33.9. The van der Waals surface area contributed by atoms with Crippen LogP contribution in [0.25, 0.3) is 0 Å². The maximum absolute atomic E-state index is 11.8. The Kier molecular flexibility index (Phi) is 2.66. The van der Waals surface area contributed by atoms with Crippen LogP contribution in [0.3, 0.4) is 0 Å². The number of ketones is 1. The average molecular weight is 249 g/mol. The van der Waals surface area contributed by atoms with Crippen LogP contribution in [0.15, 0.2) is 16.4 Å². The Morgan fingerprint density at radius 2 is 2.33 bits per heavy atom. The van der Waals surface area contributed by atoms with E-state index >= 15 is 0 Å². The van der Waals surface area contributed by atoms with Crippen LogP contribution in [0.5, 0.6) is 0 Å².